The Bertz CT molecular complexity index is 1340. The van der Waals surface area contributed by atoms with Crippen LogP contribution in [-0.2, 0) is 0 Å². The van der Waals surface area contributed by atoms with E-state index in [-0.39, 0.29) is 16.5 Å². The summed E-state index contributed by atoms with van der Waals surface area (Å²) in [5, 5.41) is 19.5. The highest BCUT2D eigenvalue weighted by molar-refractivity contribution is 7.10. The van der Waals surface area contributed by atoms with E-state index in [1.54, 1.807) is 29.8 Å². The standard InChI is InChI=1S/C23H18N4O2S/c28-27(29)22-8-7-21(16-9-10-24-12-18(16)22)26-14-19(23-6-3-11-30-23)17-13-25-20-5-2-1-4-15(17)20/h1-13,19,25-26H,14H2/t19-/m1/s1. The number of aromatic amines is 1. The molecule has 6 nitrogen and oxygen atoms in total. The van der Waals surface area contributed by atoms with Gasteiger partial charge >= 0.3 is 0 Å². The average Bonchev–Trinajstić information content (AvgIpc) is 3.45. The van der Waals surface area contributed by atoms with E-state index in [9.17, 15) is 10.1 Å². The third-order valence-electron chi connectivity index (χ3n) is 5.37. The second-order valence-corrected chi connectivity index (χ2v) is 8.03. The van der Waals surface area contributed by atoms with E-state index in [1.165, 1.54) is 21.9 Å². The van der Waals surface area contributed by atoms with E-state index >= 15 is 0 Å². The van der Waals surface area contributed by atoms with Gasteiger partial charge in [0.05, 0.1) is 10.3 Å². The topological polar surface area (TPSA) is 83.9 Å². The van der Waals surface area contributed by atoms with Crippen LogP contribution < -0.4 is 5.32 Å². The van der Waals surface area contributed by atoms with Crippen molar-refractivity contribution in [3.63, 3.8) is 0 Å². The van der Waals surface area contributed by atoms with Gasteiger partial charge in [0.25, 0.3) is 5.69 Å². The number of thiophene rings is 1. The number of hydrogen-bond donors (Lipinski definition) is 2. The number of nitrogens with one attached hydrogen (secondary N) is 2. The highest BCUT2D eigenvalue weighted by Crippen LogP contribution is 2.35. The molecule has 0 aliphatic heterocycles. The summed E-state index contributed by atoms with van der Waals surface area (Å²) in [7, 11) is 0. The number of benzene rings is 2. The fourth-order valence-corrected chi connectivity index (χ4v) is 4.78. The first-order valence-corrected chi connectivity index (χ1v) is 10.4. The van der Waals surface area contributed by atoms with Crippen molar-refractivity contribution in [3.05, 3.63) is 99.1 Å². The molecule has 0 aliphatic carbocycles. The van der Waals surface area contributed by atoms with Crippen molar-refractivity contribution in [1.29, 1.82) is 0 Å². The van der Waals surface area contributed by atoms with Crippen LogP contribution in [0.4, 0.5) is 11.4 Å². The summed E-state index contributed by atoms with van der Waals surface area (Å²) in [6, 6.07) is 17.6. The quantitative estimate of drug-likeness (QED) is 0.266. The number of pyridine rings is 1. The second-order valence-electron chi connectivity index (χ2n) is 7.05. The number of H-pyrrole nitrogens is 1. The Hall–Kier alpha value is -3.71. The average molecular weight is 414 g/mol. The van der Waals surface area contributed by atoms with Crippen LogP contribution in [-0.4, -0.2) is 21.4 Å². The van der Waals surface area contributed by atoms with Crippen molar-refractivity contribution in [1.82, 2.24) is 9.97 Å². The van der Waals surface area contributed by atoms with E-state index in [1.807, 2.05) is 12.1 Å². The summed E-state index contributed by atoms with van der Waals surface area (Å²) < 4.78 is 0. The number of nitro groups is 1. The number of fused-ring (bicyclic) bond motifs is 2. The van der Waals surface area contributed by atoms with Crippen molar-refractivity contribution >= 4 is 44.4 Å². The zero-order valence-electron chi connectivity index (χ0n) is 15.9. The van der Waals surface area contributed by atoms with Crippen LogP contribution in [0.3, 0.4) is 0 Å². The molecule has 0 radical (unpaired) electrons. The largest absolute Gasteiger partial charge is 0.384 e. The summed E-state index contributed by atoms with van der Waals surface area (Å²) in [6.07, 6.45) is 5.29. The van der Waals surface area contributed by atoms with Crippen molar-refractivity contribution < 1.29 is 4.92 Å². The van der Waals surface area contributed by atoms with Gasteiger partial charge in [0.2, 0.25) is 0 Å². The van der Waals surface area contributed by atoms with Gasteiger partial charge in [0.1, 0.15) is 0 Å². The van der Waals surface area contributed by atoms with Gasteiger partial charge in [-0.05, 0) is 35.2 Å². The molecule has 0 unspecified atom stereocenters. The molecule has 148 valence electrons. The first-order valence-electron chi connectivity index (χ1n) is 9.57. The van der Waals surface area contributed by atoms with E-state index in [2.05, 4.69) is 57.2 Å². The predicted molar refractivity (Wildman–Crippen MR) is 121 cm³/mol. The molecule has 0 fully saturated rings. The lowest BCUT2D eigenvalue weighted by molar-refractivity contribution is -0.383. The maximum atomic E-state index is 11.4. The summed E-state index contributed by atoms with van der Waals surface area (Å²) in [5.41, 5.74) is 3.27. The molecule has 3 aromatic heterocycles. The predicted octanol–water partition coefficient (Wildman–Crippen LogP) is 5.93. The summed E-state index contributed by atoms with van der Waals surface area (Å²) >= 11 is 1.73. The second kappa shape index (κ2) is 7.61. The number of nitrogens with zero attached hydrogens (tertiary/aromatic N) is 2. The van der Waals surface area contributed by atoms with Crippen molar-refractivity contribution in [2.24, 2.45) is 0 Å². The SMILES string of the molecule is O=[N+]([O-])c1ccc(NC[C@@H](c2cccs2)c2c[nH]c3ccccc23)c2ccncc12. The first kappa shape index (κ1) is 18.3. The minimum atomic E-state index is -0.367. The normalized spacial score (nSPS) is 12.3. The Morgan fingerprint density at radius 2 is 1.97 bits per heavy atom. The van der Waals surface area contributed by atoms with Gasteiger partial charge in [-0.3, -0.25) is 15.1 Å². The fourth-order valence-electron chi connectivity index (χ4n) is 3.94. The minimum absolute atomic E-state index is 0.0649. The van der Waals surface area contributed by atoms with E-state index in [4.69, 9.17) is 0 Å². The van der Waals surface area contributed by atoms with Crippen LogP contribution in [0.1, 0.15) is 16.4 Å². The van der Waals surface area contributed by atoms with Crippen LogP contribution in [0.25, 0.3) is 21.7 Å². The van der Waals surface area contributed by atoms with Crippen molar-refractivity contribution in [2.45, 2.75) is 5.92 Å². The Balaban J connectivity index is 1.53. The van der Waals surface area contributed by atoms with E-state index in [0.29, 0.717) is 11.9 Å². The van der Waals surface area contributed by atoms with Crippen LogP contribution in [0, 0.1) is 10.1 Å². The van der Waals surface area contributed by atoms with Gasteiger partial charge in [-0.15, -0.1) is 11.3 Å². The zero-order valence-corrected chi connectivity index (χ0v) is 16.7. The van der Waals surface area contributed by atoms with Crippen molar-refractivity contribution in [2.75, 3.05) is 11.9 Å². The summed E-state index contributed by atoms with van der Waals surface area (Å²) in [5.74, 6) is 0.147. The lowest BCUT2D eigenvalue weighted by Crippen LogP contribution is -2.13. The highest BCUT2D eigenvalue weighted by Gasteiger charge is 2.20. The fraction of sp³-hybridized carbons (Fsp3) is 0.0870. The van der Waals surface area contributed by atoms with Gasteiger partial charge in [-0.1, -0.05) is 24.3 Å². The van der Waals surface area contributed by atoms with Gasteiger partial charge in [-0.2, -0.15) is 0 Å². The Morgan fingerprint density at radius 3 is 2.80 bits per heavy atom. The molecule has 2 N–H and O–H groups in total. The molecular formula is C23H18N4O2S. The number of para-hydroxylation sites is 1. The molecule has 2 aromatic carbocycles. The maximum Gasteiger partial charge on any atom is 0.278 e. The Morgan fingerprint density at radius 1 is 1.07 bits per heavy atom. The molecule has 30 heavy (non-hydrogen) atoms. The first-order chi connectivity index (χ1) is 14.7. The van der Waals surface area contributed by atoms with Gasteiger partial charge < -0.3 is 10.3 Å². The Labute approximate surface area is 176 Å². The zero-order chi connectivity index (χ0) is 20.5. The van der Waals surface area contributed by atoms with Crippen LogP contribution in [0.2, 0.25) is 0 Å². The monoisotopic (exact) mass is 414 g/mol. The van der Waals surface area contributed by atoms with Crippen LogP contribution in [0.5, 0.6) is 0 Å². The van der Waals surface area contributed by atoms with Crippen LogP contribution >= 0.6 is 11.3 Å². The molecule has 7 heteroatoms. The molecule has 3 heterocycles. The van der Waals surface area contributed by atoms with E-state index in [0.717, 1.165) is 16.6 Å². The molecule has 0 amide bonds. The third kappa shape index (κ3) is 3.19. The van der Waals surface area contributed by atoms with Gasteiger partial charge in [0, 0.05) is 64.0 Å². The molecule has 5 aromatic rings. The maximum absolute atomic E-state index is 11.4. The third-order valence-corrected chi connectivity index (χ3v) is 6.36. The molecule has 0 spiro atoms. The highest BCUT2D eigenvalue weighted by atomic mass is 32.1. The molecule has 1 atom stereocenters. The van der Waals surface area contributed by atoms with Crippen LogP contribution in [0.15, 0.2) is 78.6 Å². The lowest BCUT2D eigenvalue weighted by atomic mass is 9.96. The van der Waals surface area contributed by atoms with E-state index < -0.39 is 0 Å². The van der Waals surface area contributed by atoms with Crippen molar-refractivity contribution in [3.8, 4) is 0 Å². The molecule has 0 saturated carbocycles. The number of rotatable bonds is 6. The number of hydrogen-bond acceptors (Lipinski definition) is 5. The molecular weight excluding hydrogens is 396 g/mol. The molecule has 0 saturated heterocycles. The number of aromatic nitrogens is 2. The smallest absolute Gasteiger partial charge is 0.278 e. The van der Waals surface area contributed by atoms with Gasteiger partial charge in [-0.25, -0.2) is 0 Å². The summed E-state index contributed by atoms with van der Waals surface area (Å²) in [6.45, 7) is 0.664. The van der Waals surface area contributed by atoms with Gasteiger partial charge in [0.15, 0.2) is 0 Å². The molecule has 5 rings (SSSR count). The molecule has 0 bridgehead atoms. The minimum Gasteiger partial charge on any atom is -0.384 e. The Kier molecular flexibility index (Phi) is 4.65. The number of anilines is 1. The lowest BCUT2D eigenvalue weighted by Gasteiger charge is -2.18. The number of non-ortho nitro benzene ring substituents is 1. The number of nitro benzene ring substituents is 1. The summed E-state index contributed by atoms with van der Waals surface area (Å²) in [4.78, 5) is 19.7. The molecule has 0 aliphatic rings.